The molecule has 94 valence electrons. The van der Waals surface area contributed by atoms with Crippen LogP contribution in [0.3, 0.4) is 0 Å². The molecule has 0 aliphatic carbocycles. The Bertz CT molecular complexity index is 424. The van der Waals surface area contributed by atoms with E-state index in [9.17, 15) is 4.39 Å². The number of hydrogen-bond donors (Lipinski definition) is 2. The molecule has 4 nitrogen and oxygen atoms in total. The molecule has 0 aromatic heterocycles. The Morgan fingerprint density at radius 2 is 2.06 bits per heavy atom. The minimum absolute atomic E-state index is 0.171. The fourth-order valence-electron chi connectivity index (χ4n) is 1.25. The Hall–Kier alpha value is -1.78. The van der Waals surface area contributed by atoms with Crippen LogP contribution in [0.15, 0.2) is 23.2 Å². The van der Waals surface area contributed by atoms with Crippen molar-refractivity contribution in [1.29, 1.82) is 0 Å². The molecule has 0 bridgehead atoms. The minimum atomic E-state index is -0.405. The van der Waals surface area contributed by atoms with Crippen LogP contribution in [0.1, 0.15) is 20.8 Å². The first-order chi connectivity index (χ1) is 7.81. The Kier molecular flexibility index (Phi) is 3.93. The number of anilines is 1. The van der Waals surface area contributed by atoms with E-state index in [-0.39, 0.29) is 17.2 Å². The van der Waals surface area contributed by atoms with Crippen molar-refractivity contribution in [2.75, 3.05) is 12.4 Å². The largest absolute Gasteiger partial charge is 0.497 e. The van der Waals surface area contributed by atoms with Crippen LogP contribution in [0.5, 0.6) is 5.75 Å². The maximum Gasteiger partial charge on any atom is 0.193 e. The van der Waals surface area contributed by atoms with Gasteiger partial charge in [-0.25, -0.2) is 9.38 Å². The number of methoxy groups -OCH3 is 1. The zero-order chi connectivity index (χ0) is 13.1. The lowest BCUT2D eigenvalue weighted by atomic mass is 10.1. The molecule has 0 radical (unpaired) electrons. The predicted molar refractivity (Wildman–Crippen MR) is 68.0 cm³/mol. The minimum Gasteiger partial charge on any atom is -0.497 e. The van der Waals surface area contributed by atoms with Gasteiger partial charge >= 0.3 is 0 Å². The fourth-order valence-corrected chi connectivity index (χ4v) is 1.25. The number of ether oxygens (including phenoxy) is 1. The van der Waals surface area contributed by atoms with Crippen LogP contribution in [0.25, 0.3) is 0 Å². The molecule has 17 heavy (non-hydrogen) atoms. The molecular weight excluding hydrogens is 221 g/mol. The molecule has 0 unspecified atom stereocenters. The van der Waals surface area contributed by atoms with Gasteiger partial charge in [0.2, 0.25) is 0 Å². The Balaban J connectivity index is 2.91. The first kappa shape index (κ1) is 13.3. The molecule has 3 N–H and O–H groups in total. The van der Waals surface area contributed by atoms with Crippen molar-refractivity contribution in [1.82, 2.24) is 0 Å². The third kappa shape index (κ3) is 4.30. The van der Waals surface area contributed by atoms with Crippen molar-refractivity contribution in [3.8, 4) is 5.75 Å². The molecule has 0 aliphatic heterocycles. The molecule has 0 saturated heterocycles. The number of aliphatic imine (C=N–C) groups is 1. The highest BCUT2D eigenvalue weighted by Gasteiger charge is 2.10. The van der Waals surface area contributed by atoms with Gasteiger partial charge in [-0.15, -0.1) is 0 Å². The monoisotopic (exact) mass is 239 g/mol. The maximum atomic E-state index is 13.5. The average molecular weight is 239 g/mol. The lowest BCUT2D eigenvalue weighted by Crippen LogP contribution is -2.27. The highest BCUT2D eigenvalue weighted by atomic mass is 19.1. The van der Waals surface area contributed by atoms with Gasteiger partial charge in [-0.2, -0.15) is 0 Å². The van der Waals surface area contributed by atoms with E-state index in [0.29, 0.717) is 5.75 Å². The van der Waals surface area contributed by atoms with Crippen LogP contribution < -0.4 is 15.8 Å². The number of hydrogen-bond acceptors (Lipinski definition) is 2. The molecule has 1 aromatic carbocycles. The molecule has 0 saturated carbocycles. The van der Waals surface area contributed by atoms with Crippen molar-refractivity contribution >= 4 is 11.6 Å². The normalized spacial score (nSPS) is 12.4. The van der Waals surface area contributed by atoms with Crippen LogP contribution in [0, 0.1) is 5.82 Å². The van der Waals surface area contributed by atoms with Gasteiger partial charge in [0.25, 0.3) is 0 Å². The van der Waals surface area contributed by atoms with Gasteiger partial charge < -0.3 is 15.8 Å². The molecule has 0 heterocycles. The second-order valence-electron chi connectivity index (χ2n) is 4.64. The van der Waals surface area contributed by atoms with Gasteiger partial charge in [-0.05, 0) is 32.9 Å². The number of nitrogens with zero attached hydrogens (tertiary/aromatic N) is 1. The van der Waals surface area contributed by atoms with Crippen molar-refractivity contribution in [2.45, 2.75) is 26.3 Å². The van der Waals surface area contributed by atoms with E-state index in [2.05, 4.69) is 10.3 Å². The molecule has 0 amide bonds. The van der Waals surface area contributed by atoms with Crippen LogP contribution in [-0.2, 0) is 0 Å². The fraction of sp³-hybridized carbons (Fsp3) is 0.417. The SMILES string of the molecule is COc1ccc(F)c(NC(N)=NC(C)(C)C)c1. The first-order valence-corrected chi connectivity index (χ1v) is 5.28. The van der Waals surface area contributed by atoms with Crippen LogP contribution in [0.4, 0.5) is 10.1 Å². The predicted octanol–water partition coefficient (Wildman–Crippen LogP) is 2.36. The summed E-state index contributed by atoms with van der Waals surface area (Å²) in [6.45, 7) is 5.72. The van der Waals surface area contributed by atoms with Crippen molar-refractivity contribution in [3.63, 3.8) is 0 Å². The van der Waals surface area contributed by atoms with Crippen molar-refractivity contribution in [3.05, 3.63) is 24.0 Å². The van der Waals surface area contributed by atoms with Gasteiger partial charge in [0, 0.05) is 6.07 Å². The van der Waals surface area contributed by atoms with Gasteiger partial charge in [-0.3, -0.25) is 0 Å². The Morgan fingerprint density at radius 1 is 1.41 bits per heavy atom. The number of halogens is 1. The van der Waals surface area contributed by atoms with Gasteiger partial charge in [-0.1, -0.05) is 0 Å². The van der Waals surface area contributed by atoms with Crippen LogP contribution in [-0.4, -0.2) is 18.6 Å². The summed E-state index contributed by atoms with van der Waals surface area (Å²) in [4.78, 5) is 4.18. The number of guanidine groups is 1. The van der Waals surface area contributed by atoms with Gasteiger partial charge in [0.1, 0.15) is 11.6 Å². The molecular formula is C12H18FN3O. The molecule has 0 atom stereocenters. The second kappa shape index (κ2) is 5.03. The smallest absolute Gasteiger partial charge is 0.193 e. The topological polar surface area (TPSA) is 59.6 Å². The van der Waals surface area contributed by atoms with E-state index in [1.165, 1.54) is 25.3 Å². The lowest BCUT2D eigenvalue weighted by molar-refractivity contribution is 0.414. The summed E-state index contributed by atoms with van der Waals surface area (Å²) < 4.78 is 18.5. The van der Waals surface area contributed by atoms with E-state index in [1.54, 1.807) is 0 Å². The molecule has 0 aliphatic rings. The number of nitrogens with two attached hydrogens (primary N) is 1. The Morgan fingerprint density at radius 3 is 2.59 bits per heavy atom. The van der Waals surface area contributed by atoms with E-state index >= 15 is 0 Å². The quantitative estimate of drug-likeness (QED) is 0.615. The van der Waals surface area contributed by atoms with Gasteiger partial charge in [0.15, 0.2) is 5.96 Å². The van der Waals surface area contributed by atoms with Crippen LogP contribution >= 0.6 is 0 Å². The zero-order valence-electron chi connectivity index (χ0n) is 10.5. The average Bonchev–Trinajstić information content (AvgIpc) is 2.18. The Labute approximate surface area is 101 Å². The lowest BCUT2D eigenvalue weighted by Gasteiger charge is -2.15. The van der Waals surface area contributed by atoms with E-state index < -0.39 is 5.82 Å². The van der Waals surface area contributed by atoms with Crippen molar-refractivity contribution < 1.29 is 9.13 Å². The number of benzene rings is 1. The third-order valence-corrected chi connectivity index (χ3v) is 1.89. The maximum absolute atomic E-state index is 13.5. The van der Waals surface area contributed by atoms with Crippen LogP contribution in [0.2, 0.25) is 0 Å². The summed E-state index contributed by atoms with van der Waals surface area (Å²) in [5.41, 5.74) is 5.62. The summed E-state index contributed by atoms with van der Waals surface area (Å²) >= 11 is 0. The summed E-state index contributed by atoms with van der Waals surface area (Å²) in [5.74, 6) is 0.319. The molecule has 0 spiro atoms. The summed E-state index contributed by atoms with van der Waals surface area (Å²) in [5, 5.41) is 2.71. The van der Waals surface area contributed by atoms with E-state index in [4.69, 9.17) is 10.5 Å². The molecule has 0 fully saturated rings. The first-order valence-electron chi connectivity index (χ1n) is 5.28. The highest BCUT2D eigenvalue weighted by Crippen LogP contribution is 2.21. The second-order valence-corrected chi connectivity index (χ2v) is 4.64. The van der Waals surface area contributed by atoms with E-state index in [0.717, 1.165) is 0 Å². The summed E-state index contributed by atoms with van der Waals surface area (Å²) in [6, 6.07) is 4.38. The third-order valence-electron chi connectivity index (χ3n) is 1.89. The molecule has 1 rings (SSSR count). The number of nitrogens with one attached hydrogen (secondary N) is 1. The summed E-state index contributed by atoms with van der Waals surface area (Å²) in [6.07, 6.45) is 0. The van der Waals surface area contributed by atoms with Crippen molar-refractivity contribution in [2.24, 2.45) is 10.7 Å². The van der Waals surface area contributed by atoms with E-state index in [1.807, 2.05) is 20.8 Å². The summed E-state index contributed by atoms with van der Waals surface area (Å²) in [7, 11) is 1.52. The standard InChI is InChI=1S/C12H18FN3O/c1-12(2,3)16-11(14)15-10-7-8(17-4)5-6-9(10)13/h5-7H,1-4H3,(H3,14,15,16). The number of rotatable bonds is 2. The van der Waals surface area contributed by atoms with Gasteiger partial charge in [0.05, 0.1) is 18.3 Å². The highest BCUT2D eigenvalue weighted by molar-refractivity contribution is 5.92. The molecule has 1 aromatic rings. The zero-order valence-corrected chi connectivity index (χ0v) is 10.5. The molecule has 5 heteroatoms.